The summed E-state index contributed by atoms with van der Waals surface area (Å²) in [6.45, 7) is 0. The van der Waals surface area contributed by atoms with Crippen molar-refractivity contribution < 1.29 is 14.3 Å². The molecule has 4 heteroatoms. The maximum absolute atomic E-state index is 11.8. The Kier molecular flexibility index (Phi) is 4.12. The Morgan fingerprint density at radius 3 is 1.86 bits per heavy atom. The first-order valence-corrected chi connectivity index (χ1v) is 8.39. The summed E-state index contributed by atoms with van der Waals surface area (Å²) in [5, 5.41) is 2.43. The van der Waals surface area contributed by atoms with E-state index in [2.05, 4.69) is 29.0 Å². The molecule has 1 aliphatic heterocycles. The molecule has 0 bridgehead atoms. The number of ether oxygens (including phenoxy) is 1. The molecule has 0 radical (unpaired) electrons. The SMILES string of the molecule is O=C1CC(CP(c2ccccc2)c2ccccc2)C(=O)O1. The molecular formula is C17H15O3P. The van der Waals surface area contributed by atoms with E-state index < -0.39 is 13.9 Å². The van der Waals surface area contributed by atoms with E-state index in [-0.39, 0.29) is 18.3 Å². The summed E-state index contributed by atoms with van der Waals surface area (Å²) in [5.41, 5.74) is 0. The molecule has 0 N–H and O–H groups in total. The molecule has 0 spiro atoms. The molecule has 0 amide bonds. The van der Waals surface area contributed by atoms with Crippen molar-refractivity contribution in [1.82, 2.24) is 0 Å². The minimum atomic E-state index is -0.661. The third-order valence-electron chi connectivity index (χ3n) is 3.50. The van der Waals surface area contributed by atoms with Crippen molar-refractivity contribution in [2.24, 2.45) is 5.92 Å². The summed E-state index contributed by atoms with van der Waals surface area (Å²) in [5.74, 6) is -1.09. The highest BCUT2D eigenvalue weighted by atomic mass is 31.1. The van der Waals surface area contributed by atoms with Crippen LogP contribution in [-0.4, -0.2) is 18.1 Å². The summed E-state index contributed by atoms with van der Waals surface area (Å²) in [6.07, 6.45) is 0.866. The molecule has 1 atom stereocenters. The van der Waals surface area contributed by atoms with Crippen LogP contribution in [0.3, 0.4) is 0 Å². The van der Waals surface area contributed by atoms with E-state index in [1.807, 2.05) is 36.4 Å². The summed E-state index contributed by atoms with van der Waals surface area (Å²) >= 11 is 0. The van der Waals surface area contributed by atoms with Gasteiger partial charge in [-0.1, -0.05) is 60.7 Å². The molecule has 0 saturated carbocycles. The third-order valence-corrected chi connectivity index (χ3v) is 6.15. The van der Waals surface area contributed by atoms with E-state index >= 15 is 0 Å². The largest absolute Gasteiger partial charge is 0.393 e. The average molecular weight is 298 g/mol. The normalized spacial score (nSPS) is 18.0. The van der Waals surface area contributed by atoms with Gasteiger partial charge in [0, 0.05) is 0 Å². The molecule has 3 nitrogen and oxygen atoms in total. The van der Waals surface area contributed by atoms with Crippen LogP contribution >= 0.6 is 7.92 Å². The van der Waals surface area contributed by atoms with Gasteiger partial charge in [0.1, 0.15) is 0 Å². The molecule has 21 heavy (non-hydrogen) atoms. The van der Waals surface area contributed by atoms with E-state index in [4.69, 9.17) is 0 Å². The van der Waals surface area contributed by atoms with Gasteiger partial charge in [0.2, 0.25) is 0 Å². The van der Waals surface area contributed by atoms with Crippen molar-refractivity contribution in [2.75, 3.05) is 6.16 Å². The lowest BCUT2D eigenvalue weighted by molar-refractivity contribution is -0.152. The molecule has 1 fully saturated rings. The lowest BCUT2D eigenvalue weighted by atomic mass is 10.1. The Balaban J connectivity index is 1.90. The number of benzene rings is 2. The van der Waals surface area contributed by atoms with Gasteiger partial charge in [0.05, 0.1) is 12.3 Å². The Morgan fingerprint density at radius 1 is 0.905 bits per heavy atom. The van der Waals surface area contributed by atoms with Gasteiger partial charge in [-0.15, -0.1) is 0 Å². The van der Waals surface area contributed by atoms with Crippen LogP contribution in [0.5, 0.6) is 0 Å². The predicted molar refractivity (Wildman–Crippen MR) is 83.1 cm³/mol. The average Bonchev–Trinajstić information content (AvgIpc) is 2.84. The number of carbonyl (C=O) groups excluding carboxylic acids is 2. The Morgan fingerprint density at radius 2 is 1.43 bits per heavy atom. The van der Waals surface area contributed by atoms with Crippen LogP contribution in [0.2, 0.25) is 0 Å². The molecular weight excluding hydrogens is 283 g/mol. The highest BCUT2D eigenvalue weighted by Gasteiger charge is 2.35. The van der Waals surface area contributed by atoms with E-state index in [1.165, 1.54) is 10.6 Å². The summed E-state index contributed by atoms with van der Waals surface area (Å²) in [7, 11) is -0.661. The van der Waals surface area contributed by atoms with Crippen molar-refractivity contribution in [3.05, 3.63) is 60.7 Å². The summed E-state index contributed by atoms with van der Waals surface area (Å²) in [6, 6.07) is 20.3. The minimum absolute atomic E-state index is 0.206. The monoisotopic (exact) mass is 298 g/mol. The van der Waals surface area contributed by atoms with Gasteiger partial charge in [-0.3, -0.25) is 9.59 Å². The third kappa shape index (κ3) is 3.20. The fourth-order valence-corrected chi connectivity index (χ4v) is 4.96. The second kappa shape index (κ2) is 6.19. The molecule has 1 saturated heterocycles. The second-order valence-electron chi connectivity index (χ2n) is 4.98. The standard InChI is InChI=1S/C17H15O3P/c18-16-11-13(17(19)20-16)12-21(14-7-3-1-4-8-14)15-9-5-2-6-10-15/h1-10,13H,11-12H2. The highest BCUT2D eigenvalue weighted by Crippen LogP contribution is 2.38. The van der Waals surface area contributed by atoms with Crippen molar-refractivity contribution in [1.29, 1.82) is 0 Å². The molecule has 1 aliphatic rings. The van der Waals surface area contributed by atoms with Gasteiger partial charge in [-0.2, -0.15) is 0 Å². The summed E-state index contributed by atoms with van der Waals surface area (Å²) < 4.78 is 4.68. The Hall–Kier alpha value is -1.99. The van der Waals surface area contributed by atoms with E-state index in [1.54, 1.807) is 0 Å². The lowest BCUT2D eigenvalue weighted by Crippen LogP contribution is -2.20. The van der Waals surface area contributed by atoms with Crippen LogP contribution in [0.1, 0.15) is 6.42 Å². The van der Waals surface area contributed by atoms with Gasteiger partial charge in [-0.05, 0) is 24.7 Å². The van der Waals surface area contributed by atoms with Crippen LogP contribution in [0, 0.1) is 5.92 Å². The van der Waals surface area contributed by atoms with Crippen LogP contribution in [0.4, 0.5) is 0 Å². The van der Waals surface area contributed by atoms with Gasteiger partial charge >= 0.3 is 11.9 Å². The molecule has 1 unspecified atom stereocenters. The smallest absolute Gasteiger partial charge is 0.317 e. The van der Waals surface area contributed by atoms with Crippen molar-refractivity contribution >= 4 is 30.5 Å². The number of hydrogen-bond donors (Lipinski definition) is 0. The number of cyclic esters (lactones) is 2. The second-order valence-corrected chi connectivity index (χ2v) is 7.23. The van der Waals surface area contributed by atoms with Crippen molar-refractivity contribution in [2.45, 2.75) is 6.42 Å². The van der Waals surface area contributed by atoms with E-state index in [0.29, 0.717) is 6.16 Å². The van der Waals surface area contributed by atoms with Crippen LogP contribution in [0.15, 0.2) is 60.7 Å². The van der Waals surface area contributed by atoms with Crippen LogP contribution in [0.25, 0.3) is 0 Å². The molecule has 0 aromatic heterocycles. The van der Waals surface area contributed by atoms with Gasteiger partial charge < -0.3 is 4.74 Å². The number of hydrogen-bond acceptors (Lipinski definition) is 3. The zero-order valence-corrected chi connectivity index (χ0v) is 12.3. The van der Waals surface area contributed by atoms with Crippen molar-refractivity contribution in [3.8, 4) is 0 Å². The molecule has 2 aromatic rings. The highest BCUT2D eigenvalue weighted by molar-refractivity contribution is 7.73. The minimum Gasteiger partial charge on any atom is -0.393 e. The fraction of sp³-hybridized carbons (Fsp3) is 0.176. The van der Waals surface area contributed by atoms with Gasteiger partial charge in [0.25, 0.3) is 0 Å². The zero-order valence-electron chi connectivity index (χ0n) is 11.4. The molecule has 0 aliphatic carbocycles. The van der Waals surface area contributed by atoms with Crippen LogP contribution in [-0.2, 0) is 14.3 Å². The van der Waals surface area contributed by atoms with E-state index in [0.717, 1.165) is 0 Å². The maximum atomic E-state index is 11.8. The Labute approximate surface area is 124 Å². The van der Waals surface area contributed by atoms with Crippen LogP contribution < -0.4 is 10.6 Å². The molecule has 3 rings (SSSR count). The predicted octanol–water partition coefficient (Wildman–Crippen LogP) is 2.21. The quantitative estimate of drug-likeness (QED) is 0.494. The first kappa shape index (κ1) is 14.0. The zero-order chi connectivity index (χ0) is 14.7. The van der Waals surface area contributed by atoms with Gasteiger partial charge in [-0.25, -0.2) is 0 Å². The number of carbonyl (C=O) groups is 2. The summed E-state index contributed by atoms with van der Waals surface area (Å²) in [4.78, 5) is 23.0. The number of esters is 2. The molecule has 1 heterocycles. The first-order valence-electron chi connectivity index (χ1n) is 6.86. The Bertz CT molecular complexity index is 600. The first-order chi connectivity index (χ1) is 10.2. The maximum Gasteiger partial charge on any atom is 0.317 e. The van der Waals surface area contributed by atoms with Gasteiger partial charge in [0.15, 0.2) is 0 Å². The molecule has 2 aromatic carbocycles. The molecule has 106 valence electrons. The van der Waals surface area contributed by atoms with E-state index in [9.17, 15) is 9.59 Å². The van der Waals surface area contributed by atoms with Crippen molar-refractivity contribution in [3.63, 3.8) is 0 Å². The number of rotatable bonds is 4. The topological polar surface area (TPSA) is 43.4 Å². The lowest BCUT2D eigenvalue weighted by Gasteiger charge is -2.20. The fourth-order valence-electron chi connectivity index (χ4n) is 2.46.